The van der Waals surface area contributed by atoms with E-state index in [9.17, 15) is 8.42 Å². The van der Waals surface area contributed by atoms with E-state index in [1.165, 1.54) is 0 Å². The molecule has 3 aromatic rings. The van der Waals surface area contributed by atoms with Gasteiger partial charge in [0.1, 0.15) is 0 Å². The van der Waals surface area contributed by atoms with Gasteiger partial charge in [-0.1, -0.05) is 60.7 Å². The summed E-state index contributed by atoms with van der Waals surface area (Å²) in [6.45, 7) is 1.32. The van der Waals surface area contributed by atoms with Gasteiger partial charge in [0.25, 0.3) is 0 Å². The summed E-state index contributed by atoms with van der Waals surface area (Å²) in [7, 11) is -1.76. The van der Waals surface area contributed by atoms with Crippen LogP contribution < -0.4 is 0 Å². The molecule has 7 heteroatoms. The maximum Gasteiger partial charge on any atom is 0.227 e. The molecular formula is C21H24N2O4S. The highest BCUT2D eigenvalue weighted by Gasteiger charge is 2.21. The number of hydrogen-bond donors (Lipinski definition) is 0. The number of hydrogen-bond acceptors (Lipinski definition) is 5. The molecule has 148 valence electrons. The highest BCUT2D eigenvalue weighted by molar-refractivity contribution is 7.90. The van der Waals surface area contributed by atoms with Gasteiger partial charge in [0.15, 0.2) is 0 Å². The van der Waals surface area contributed by atoms with Crippen molar-refractivity contribution in [2.24, 2.45) is 7.05 Å². The molecule has 0 saturated carbocycles. The quantitative estimate of drug-likeness (QED) is 0.551. The molecule has 1 aromatic heterocycles. The number of sulfone groups is 1. The molecule has 0 bridgehead atoms. The van der Waals surface area contributed by atoms with Crippen LogP contribution in [0.1, 0.15) is 22.5 Å². The Morgan fingerprint density at radius 2 is 1.32 bits per heavy atom. The minimum Gasteiger partial charge on any atom is -0.370 e. The molecule has 0 unspecified atom stereocenters. The number of aromatic nitrogens is 2. The first-order valence-corrected chi connectivity index (χ1v) is 10.8. The Labute approximate surface area is 165 Å². The van der Waals surface area contributed by atoms with Gasteiger partial charge < -0.3 is 14.0 Å². The summed E-state index contributed by atoms with van der Waals surface area (Å²) in [5.74, 6) is 0. The van der Waals surface area contributed by atoms with Crippen molar-refractivity contribution in [2.75, 3.05) is 6.26 Å². The Morgan fingerprint density at radius 1 is 0.821 bits per heavy atom. The second-order valence-corrected chi connectivity index (χ2v) is 8.49. The van der Waals surface area contributed by atoms with Gasteiger partial charge in [0.2, 0.25) is 15.0 Å². The van der Waals surface area contributed by atoms with Crippen molar-refractivity contribution in [2.45, 2.75) is 31.6 Å². The van der Waals surface area contributed by atoms with Crippen molar-refractivity contribution in [3.05, 3.63) is 83.2 Å². The molecular weight excluding hydrogens is 376 g/mol. The summed E-state index contributed by atoms with van der Waals surface area (Å²) < 4.78 is 37.2. The number of nitrogens with zero attached hydrogens (tertiary/aromatic N) is 2. The molecule has 3 rings (SSSR count). The average molecular weight is 401 g/mol. The van der Waals surface area contributed by atoms with E-state index in [2.05, 4.69) is 4.98 Å². The maximum atomic E-state index is 12.0. The third-order valence-electron chi connectivity index (χ3n) is 4.29. The standard InChI is InChI=1S/C21H24N2O4S/c1-23-20(16-27-14-18-11-7-4-8-12-18)19(22-21(23)28(2,24)25)15-26-13-17-9-5-3-6-10-17/h3-12H,13-16H2,1-2H3. The SMILES string of the molecule is Cn1c(S(C)(=O)=O)nc(COCc2ccccc2)c1COCc1ccccc1. The maximum absolute atomic E-state index is 12.0. The smallest absolute Gasteiger partial charge is 0.227 e. The fourth-order valence-electron chi connectivity index (χ4n) is 2.87. The molecule has 2 aromatic carbocycles. The lowest BCUT2D eigenvalue weighted by Crippen LogP contribution is -2.09. The van der Waals surface area contributed by atoms with Gasteiger partial charge in [-0.3, -0.25) is 0 Å². The highest BCUT2D eigenvalue weighted by Crippen LogP contribution is 2.18. The molecule has 0 N–H and O–H groups in total. The van der Waals surface area contributed by atoms with Crippen LogP contribution >= 0.6 is 0 Å². The molecule has 0 atom stereocenters. The molecule has 0 aliphatic rings. The molecule has 0 spiro atoms. The summed E-state index contributed by atoms with van der Waals surface area (Å²) in [6, 6.07) is 19.6. The number of benzene rings is 2. The Hall–Kier alpha value is -2.48. The molecule has 0 saturated heterocycles. The monoisotopic (exact) mass is 400 g/mol. The molecule has 1 heterocycles. The summed E-state index contributed by atoms with van der Waals surface area (Å²) in [5, 5.41) is 0.0177. The number of ether oxygens (including phenoxy) is 2. The lowest BCUT2D eigenvalue weighted by Gasteiger charge is -2.09. The normalized spacial score (nSPS) is 11.6. The Kier molecular flexibility index (Phi) is 6.61. The zero-order valence-corrected chi connectivity index (χ0v) is 16.9. The van der Waals surface area contributed by atoms with Crippen LogP contribution in [0, 0.1) is 0 Å². The van der Waals surface area contributed by atoms with Crippen LogP contribution in [0.15, 0.2) is 65.8 Å². The van der Waals surface area contributed by atoms with Gasteiger partial charge in [0, 0.05) is 13.3 Å². The lowest BCUT2D eigenvalue weighted by molar-refractivity contribution is 0.0892. The first-order chi connectivity index (χ1) is 13.4. The third kappa shape index (κ3) is 5.28. The van der Waals surface area contributed by atoms with Crippen molar-refractivity contribution < 1.29 is 17.9 Å². The van der Waals surface area contributed by atoms with Crippen molar-refractivity contribution in [1.29, 1.82) is 0 Å². The summed E-state index contributed by atoms with van der Waals surface area (Å²) >= 11 is 0. The molecule has 0 aliphatic carbocycles. The number of imidazole rings is 1. The van der Waals surface area contributed by atoms with E-state index >= 15 is 0 Å². The van der Waals surface area contributed by atoms with E-state index < -0.39 is 9.84 Å². The van der Waals surface area contributed by atoms with E-state index in [1.807, 2.05) is 60.7 Å². The lowest BCUT2D eigenvalue weighted by atomic mass is 10.2. The Bertz CT molecular complexity index is 1000. The number of rotatable bonds is 9. The fraction of sp³-hybridized carbons (Fsp3) is 0.286. The summed E-state index contributed by atoms with van der Waals surface area (Å²) in [5.41, 5.74) is 3.37. The van der Waals surface area contributed by atoms with Crippen LogP contribution in [0.25, 0.3) is 0 Å². The zero-order valence-electron chi connectivity index (χ0n) is 16.0. The minimum atomic E-state index is -3.45. The van der Waals surface area contributed by atoms with Crippen LogP contribution in [0.3, 0.4) is 0 Å². The summed E-state index contributed by atoms with van der Waals surface area (Å²) in [6.07, 6.45) is 1.15. The Balaban J connectivity index is 1.71. The largest absolute Gasteiger partial charge is 0.370 e. The van der Waals surface area contributed by atoms with E-state index in [4.69, 9.17) is 9.47 Å². The van der Waals surface area contributed by atoms with Gasteiger partial charge in [-0.05, 0) is 11.1 Å². The van der Waals surface area contributed by atoms with Crippen LogP contribution in [-0.2, 0) is 52.8 Å². The van der Waals surface area contributed by atoms with Crippen molar-refractivity contribution in [3.63, 3.8) is 0 Å². The highest BCUT2D eigenvalue weighted by atomic mass is 32.2. The predicted octanol–water partition coefficient (Wildman–Crippen LogP) is 3.26. The average Bonchev–Trinajstić information content (AvgIpc) is 3.00. The third-order valence-corrected chi connectivity index (χ3v) is 5.32. The van der Waals surface area contributed by atoms with Crippen molar-refractivity contribution in [1.82, 2.24) is 9.55 Å². The summed E-state index contributed by atoms with van der Waals surface area (Å²) in [4.78, 5) is 4.31. The molecule has 0 fully saturated rings. The molecule has 0 aliphatic heterocycles. The molecule has 6 nitrogen and oxygen atoms in total. The fourth-order valence-corrected chi connectivity index (χ4v) is 3.75. The second kappa shape index (κ2) is 9.14. The first kappa shape index (κ1) is 20.3. The first-order valence-electron chi connectivity index (χ1n) is 8.93. The van der Waals surface area contributed by atoms with Crippen molar-refractivity contribution >= 4 is 9.84 Å². The molecule has 0 amide bonds. The molecule has 0 radical (unpaired) electrons. The van der Waals surface area contributed by atoms with E-state index in [0.717, 1.165) is 17.4 Å². The topological polar surface area (TPSA) is 70.4 Å². The van der Waals surface area contributed by atoms with Gasteiger partial charge >= 0.3 is 0 Å². The van der Waals surface area contributed by atoms with Crippen LogP contribution in [0.4, 0.5) is 0 Å². The predicted molar refractivity (Wildman–Crippen MR) is 106 cm³/mol. The van der Waals surface area contributed by atoms with Crippen LogP contribution in [0.2, 0.25) is 0 Å². The van der Waals surface area contributed by atoms with Gasteiger partial charge in [-0.2, -0.15) is 0 Å². The van der Waals surface area contributed by atoms with Gasteiger partial charge in [0.05, 0.1) is 37.8 Å². The van der Waals surface area contributed by atoms with Gasteiger partial charge in [-0.25, -0.2) is 13.4 Å². The Morgan fingerprint density at radius 3 is 1.82 bits per heavy atom. The van der Waals surface area contributed by atoms with E-state index in [-0.39, 0.29) is 18.4 Å². The van der Waals surface area contributed by atoms with Crippen molar-refractivity contribution in [3.8, 4) is 0 Å². The zero-order chi connectivity index (χ0) is 20.0. The van der Waals surface area contributed by atoms with Crippen LogP contribution in [-0.4, -0.2) is 24.2 Å². The van der Waals surface area contributed by atoms with Gasteiger partial charge in [-0.15, -0.1) is 0 Å². The van der Waals surface area contributed by atoms with E-state index in [1.54, 1.807) is 11.6 Å². The molecule has 28 heavy (non-hydrogen) atoms. The van der Waals surface area contributed by atoms with Crippen LogP contribution in [0.5, 0.6) is 0 Å². The van der Waals surface area contributed by atoms with E-state index in [0.29, 0.717) is 24.6 Å². The second-order valence-electron chi connectivity index (χ2n) is 6.58. The minimum absolute atomic E-state index is 0.0177.